The molecular formula is C19H27ClN4O2S. The third-order valence-corrected chi connectivity index (χ3v) is 5.07. The summed E-state index contributed by atoms with van der Waals surface area (Å²) in [4.78, 5) is 11.3. The molecule has 0 radical (unpaired) electrons. The van der Waals surface area contributed by atoms with Crippen LogP contribution in [0.2, 0.25) is 5.02 Å². The fourth-order valence-electron chi connectivity index (χ4n) is 2.34. The van der Waals surface area contributed by atoms with Gasteiger partial charge in [-0.3, -0.25) is 0 Å². The van der Waals surface area contributed by atoms with E-state index in [1.165, 1.54) is 0 Å². The van der Waals surface area contributed by atoms with Crippen LogP contribution in [0.25, 0.3) is 0 Å². The molecule has 1 aromatic carbocycles. The molecule has 0 aliphatic heterocycles. The summed E-state index contributed by atoms with van der Waals surface area (Å²) in [5, 5.41) is 7.01. The van der Waals surface area contributed by atoms with Crippen LogP contribution in [0.15, 0.2) is 34.6 Å². The number of aliphatic imine (C=N–C) groups is 1. The first kappa shape index (κ1) is 21.5. The molecule has 1 N–H and O–H groups in total. The van der Waals surface area contributed by atoms with Crippen molar-refractivity contribution in [2.75, 3.05) is 33.9 Å². The summed E-state index contributed by atoms with van der Waals surface area (Å²) in [6.07, 6.45) is 0.0135. The van der Waals surface area contributed by atoms with Crippen LogP contribution in [0.1, 0.15) is 30.7 Å². The van der Waals surface area contributed by atoms with Gasteiger partial charge in [-0.25, -0.2) is 9.98 Å². The summed E-state index contributed by atoms with van der Waals surface area (Å²) >= 11 is 7.58. The van der Waals surface area contributed by atoms with E-state index in [1.54, 1.807) is 24.5 Å². The Kier molecular flexibility index (Phi) is 8.84. The maximum Gasteiger partial charge on any atom is 0.194 e. The van der Waals surface area contributed by atoms with Crippen LogP contribution < -0.4 is 10.1 Å². The largest absolute Gasteiger partial charge is 0.492 e. The molecule has 0 aliphatic carbocycles. The molecule has 1 aromatic heterocycles. The number of hydrogen-bond acceptors (Lipinski definition) is 5. The number of nitrogens with one attached hydrogen (secondary N) is 1. The summed E-state index contributed by atoms with van der Waals surface area (Å²) in [5.74, 6) is 1.57. The first-order valence-electron chi connectivity index (χ1n) is 8.88. The zero-order valence-electron chi connectivity index (χ0n) is 16.2. The fraction of sp³-hybridized carbons (Fsp3) is 0.474. The Morgan fingerprint density at radius 2 is 2.26 bits per heavy atom. The Morgan fingerprint density at radius 3 is 2.96 bits per heavy atom. The number of hydrogen-bond donors (Lipinski definition) is 1. The summed E-state index contributed by atoms with van der Waals surface area (Å²) < 4.78 is 11.0. The molecule has 1 heterocycles. The van der Waals surface area contributed by atoms with Crippen molar-refractivity contribution in [3.8, 4) is 5.75 Å². The van der Waals surface area contributed by atoms with Crippen LogP contribution >= 0.6 is 22.9 Å². The number of methoxy groups -OCH3 is 1. The maximum absolute atomic E-state index is 5.96. The van der Waals surface area contributed by atoms with Gasteiger partial charge in [-0.1, -0.05) is 17.7 Å². The van der Waals surface area contributed by atoms with Gasteiger partial charge in [0.1, 0.15) is 23.5 Å². The van der Waals surface area contributed by atoms with Crippen LogP contribution in [-0.4, -0.2) is 49.7 Å². The van der Waals surface area contributed by atoms with Crippen molar-refractivity contribution < 1.29 is 9.47 Å². The molecule has 6 nitrogen and oxygen atoms in total. The molecule has 0 saturated carbocycles. The molecule has 0 spiro atoms. The SMILES string of the molecule is CCNC(=NCCOc1cccc(Cl)c1)N(C)Cc1csc(C(C)OC)n1. The van der Waals surface area contributed by atoms with E-state index in [2.05, 4.69) is 25.6 Å². The Balaban J connectivity index is 1.90. The minimum absolute atomic E-state index is 0.0135. The average molecular weight is 411 g/mol. The second-order valence-electron chi connectivity index (χ2n) is 5.95. The number of halogens is 1. The lowest BCUT2D eigenvalue weighted by Crippen LogP contribution is -2.38. The van der Waals surface area contributed by atoms with Crippen LogP contribution in [-0.2, 0) is 11.3 Å². The minimum atomic E-state index is 0.0135. The van der Waals surface area contributed by atoms with Crippen molar-refractivity contribution >= 4 is 28.9 Å². The monoisotopic (exact) mass is 410 g/mol. The Hall–Kier alpha value is -1.83. The lowest BCUT2D eigenvalue weighted by Gasteiger charge is -2.21. The second-order valence-corrected chi connectivity index (χ2v) is 7.28. The van der Waals surface area contributed by atoms with E-state index in [0.29, 0.717) is 24.7 Å². The number of nitrogens with zero attached hydrogens (tertiary/aromatic N) is 3. The minimum Gasteiger partial charge on any atom is -0.492 e. The van der Waals surface area contributed by atoms with Crippen molar-refractivity contribution in [3.05, 3.63) is 45.4 Å². The van der Waals surface area contributed by atoms with E-state index in [4.69, 9.17) is 21.1 Å². The van der Waals surface area contributed by atoms with Gasteiger partial charge in [-0.15, -0.1) is 11.3 Å². The Bertz CT molecular complexity index is 738. The summed E-state index contributed by atoms with van der Waals surface area (Å²) in [6, 6.07) is 7.37. The predicted octanol–water partition coefficient (Wildman–Crippen LogP) is 3.98. The van der Waals surface area contributed by atoms with Gasteiger partial charge in [0.05, 0.1) is 18.8 Å². The number of aromatic nitrogens is 1. The van der Waals surface area contributed by atoms with E-state index in [9.17, 15) is 0 Å². The van der Waals surface area contributed by atoms with Crippen molar-refractivity contribution in [1.29, 1.82) is 0 Å². The zero-order chi connectivity index (χ0) is 19.6. The van der Waals surface area contributed by atoms with E-state index in [-0.39, 0.29) is 6.10 Å². The van der Waals surface area contributed by atoms with Gasteiger partial charge < -0.3 is 19.7 Å². The highest BCUT2D eigenvalue weighted by atomic mass is 35.5. The van der Waals surface area contributed by atoms with Gasteiger partial charge in [0.2, 0.25) is 0 Å². The number of guanidine groups is 1. The number of thiazole rings is 1. The first-order chi connectivity index (χ1) is 13.0. The second kappa shape index (κ2) is 11.1. The van der Waals surface area contributed by atoms with Crippen LogP contribution in [0.5, 0.6) is 5.75 Å². The molecular weight excluding hydrogens is 384 g/mol. The van der Waals surface area contributed by atoms with E-state index >= 15 is 0 Å². The average Bonchev–Trinajstić information content (AvgIpc) is 3.12. The van der Waals surface area contributed by atoms with Crippen molar-refractivity contribution in [1.82, 2.24) is 15.2 Å². The summed E-state index contributed by atoms with van der Waals surface area (Å²) in [6.45, 7) is 6.54. The van der Waals surface area contributed by atoms with Gasteiger partial charge in [0.15, 0.2) is 5.96 Å². The summed E-state index contributed by atoms with van der Waals surface area (Å²) in [7, 11) is 3.69. The number of ether oxygens (including phenoxy) is 2. The van der Waals surface area contributed by atoms with E-state index in [0.717, 1.165) is 29.0 Å². The Morgan fingerprint density at radius 1 is 1.44 bits per heavy atom. The molecule has 0 amide bonds. The lowest BCUT2D eigenvalue weighted by molar-refractivity contribution is 0.119. The van der Waals surface area contributed by atoms with Gasteiger partial charge in [-0.2, -0.15) is 0 Å². The third-order valence-electron chi connectivity index (χ3n) is 3.78. The highest BCUT2D eigenvalue weighted by Crippen LogP contribution is 2.21. The third kappa shape index (κ3) is 7.01. The smallest absolute Gasteiger partial charge is 0.194 e. The molecule has 0 bridgehead atoms. The molecule has 1 unspecified atom stereocenters. The Labute approximate surface area is 170 Å². The molecule has 1 atom stereocenters. The van der Waals surface area contributed by atoms with Gasteiger partial charge in [0, 0.05) is 31.1 Å². The lowest BCUT2D eigenvalue weighted by atomic mass is 10.3. The van der Waals surface area contributed by atoms with Crippen LogP contribution in [0, 0.1) is 0 Å². The molecule has 0 saturated heterocycles. The van der Waals surface area contributed by atoms with Crippen LogP contribution in [0.4, 0.5) is 0 Å². The molecule has 27 heavy (non-hydrogen) atoms. The molecule has 8 heteroatoms. The highest BCUT2D eigenvalue weighted by Gasteiger charge is 2.12. The van der Waals surface area contributed by atoms with Crippen molar-refractivity contribution in [3.63, 3.8) is 0 Å². The number of rotatable bonds is 9. The normalized spacial score (nSPS) is 12.7. The first-order valence-corrected chi connectivity index (χ1v) is 10.1. The maximum atomic E-state index is 5.96. The molecule has 2 rings (SSSR count). The highest BCUT2D eigenvalue weighted by molar-refractivity contribution is 7.09. The van der Waals surface area contributed by atoms with Gasteiger partial charge in [0.25, 0.3) is 0 Å². The number of benzene rings is 1. The zero-order valence-corrected chi connectivity index (χ0v) is 17.8. The standard InChI is InChI=1S/C19H27ClN4O2S/c1-5-21-19(22-9-10-26-17-8-6-7-15(20)11-17)24(3)12-16-13-27-18(23-16)14(2)25-4/h6-8,11,13-14H,5,9-10,12H2,1-4H3,(H,21,22). The fourth-order valence-corrected chi connectivity index (χ4v) is 3.36. The quantitative estimate of drug-likeness (QED) is 0.385. The van der Waals surface area contributed by atoms with E-state index < -0.39 is 0 Å². The van der Waals surface area contributed by atoms with Crippen molar-refractivity contribution in [2.24, 2.45) is 4.99 Å². The topological polar surface area (TPSA) is 59.0 Å². The summed E-state index contributed by atoms with van der Waals surface area (Å²) in [5.41, 5.74) is 1.00. The predicted molar refractivity (Wildman–Crippen MR) is 112 cm³/mol. The van der Waals surface area contributed by atoms with Crippen molar-refractivity contribution in [2.45, 2.75) is 26.5 Å². The molecule has 0 fully saturated rings. The van der Waals surface area contributed by atoms with Gasteiger partial charge >= 0.3 is 0 Å². The molecule has 148 valence electrons. The van der Waals surface area contributed by atoms with Crippen LogP contribution in [0.3, 0.4) is 0 Å². The molecule has 0 aliphatic rings. The van der Waals surface area contributed by atoms with E-state index in [1.807, 2.05) is 39.1 Å². The molecule has 2 aromatic rings. The van der Waals surface area contributed by atoms with Gasteiger partial charge in [-0.05, 0) is 32.0 Å².